The van der Waals surface area contributed by atoms with Crippen molar-refractivity contribution in [2.24, 2.45) is 5.92 Å². The summed E-state index contributed by atoms with van der Waals surface area (Å²) in [4.78, 5) is 12.3. The van der Waals surface area contributed by atoms with Gasteiger partial charge >= 0.3 is 0 Å². The van der Waals surface area contributed by atoms with E-state index in [1.165, 1.54) is 22.3 Å². The second-order valence-corrected chi connectivity index (χ2v) is 6.24. The van der Waals surface area contributed by atoms with E-state index in [1.807, 2.05) is 6.07 Å². The van der Waals surface area contributed by atoms with Crippen molar-refractivity contribution >= 4 is 24.0 Å². The maximum absolute atomic E-state index is 12.3. The Morgan fingerprint density at radius 2 is 1.91 bits per heavy atom. The predicted octanol–water partition coefficient (Wildman–Crippen LogP) is 3.62. The first kappa shape index (κ1) is 16.0. The summed E-state index contributed by atoms with van der Waals surface area (Å²) >= 11 is 0. The molecule has 2 N–H and O–H groups in total. The van der Waals surface area contributed by atoms with E-state index in [4.69, 9.17) is 0 Å². The highest BCUT2D eigenvalue weighted by atomic mass is 35.5. The molecule has 1 aliphatic heterocycles. The van der Waals surface area contributed by atoms with E-state index in [1.54, 1.807) is 0 Å². The number of piperidine rings is 1. The Balaban J connectivity index is 0.00000156. The summed E-state index contributed by atoms with van der Waals surface area (Å²) in [6.45, 7) is 1.82. The normalized spacial score (nSPS) is 18.5. The van der Waals surface area contributed by atoms with Gasteiger partial charge in [0, 0.05) is 12.2 Å². The second kappa shape index (κ2) is 6.73. The maximum atomic E-state index is 12.3. The number of halogens is 1. The molecular weight excluding hydrogens is 308 g/mol. The van der Waals surface area contributed by atoms with Crippen molar-refractivity contribution < 1.29 is 4.79 Å². The van der Waals surface area contributed by atoms with Crippen LogP contribution in [0.5, 0.6) is 0 Å². The van der Waals surface area contributed by atoms with Gasteiger partial charge in [0.2, 0.25) is 5.91 Å². The molecule has 120 valence electrons. The van der Waals surface area contributed by atoms with Crippen LogP contribution in [0.25, 0.3) is 11.1 Å². The average molecular weight is 329 g/mol. The van der Waals surface area contributed by atoms with Crippen LogP contribution in [-0.4, -0.2) is 19.0 Å². The zero-order chi connectivity index (χ0) is 14.9. The van der Waals surface area contributed by atoms with Gasteiger partial charge in [-0.25, -0.2) is 0 Å². The van der Waals surface area contributed by atoms with E-state index >= 15 is 0 Å². The summed E-state index contributed by atoms with van der Waals surface area (Å²) in [5.41, 5.74) is 6.22. The standard InChI is InChI=1S/C19H20N2O.ClH/c22-19(14-5-3-9-20-12-14)21-16-7-8-18-15(11-16)10-13-4-1-2-6-17(13)18;/h1-2,4,6-8,11,14,20H,3,5,9-10,12H2,(H,21,22);1H/t14-;/m1./s1. The van der Waals surface area contributed by atoms with Gasteiger partial charge in [-0.3, -0.25) is 4.79 Å². The largest absolute Gasteiger partial charge is 0.326 e. The number of amides is 1. The molecular formula is C19H21ClN2O. The lowest BCUT2D eigenvalue weighted by Crippen LogP contribution is -2.37. The average Bonchev–Trinajstić information content (AvgIpc) is 2.93. The van der Waals surface area contributed by atoms with E-state index in [0.29, 0.717) is 0 Å². The number of hydrogen-bond acceptors (Lipinski definition) is 2. The SMILES string of the molecule is Cl.O=C(Nc1ccc2c(c1)Cc1ccccc1-2)[C@@H]1CCCNC1. The minimum atomic E-state index is 0. The van der Waals surface area contributed by atoms with Crippen LogP contribution in [0.4, 0.5) is 5.69 Å². The number of rotatable bonds is 2. The molecule has 0 saturated carbocycles. The lowest BCUT2D eigenvalue weighted by molar-refractivity contribution is -0.120. The monoisotopic (exact) mass is 328 g/mol. The molecule has 0 aromatic heterocycles. The Bertz CT molecular complexity index is 723. The minimum Gasteiger partial charge on any atom is -0.326 e. The van der Waals surface area contributed by atoms with Crippen LogP contribution in [-0.2, 0) is 11.2 Å². The molecule has 1 heterocycles. The zero-order valence-electron chi connectivity index (χ0n) is 13.0. The van der Waals surface area contributed by atoms with Gasteiger partial charge in [0.05, 0.1) is 5.92 Å². The summed E-state index contributed by atoms with van der Waals surface area (Å²) in [7, 11) is 0. The number of anilines is 1. The van der Waals surface area contributed by atoms with Crippen LogP contribution < -0.4 is 10.6 Å². The lowest BCUT2D eigenvalue weighted by atomic mass is 9.98. The van der Waals surface area contributed by atoms with Crippen molar-refractivity contribution in [3.63, 3.8) is 0 Å². The predicted molar refractivity (Wildman–Crippen MR) is 96.2 cm³/mol. The molecule has 0 bridgehead atoms. The Hall–Kier alpha value is -1.84. The molecule has 0 radical (unpaired) electrons. The highest BCUT2D eigenvalue weighted by molar-refractivity contribution is 5.93. The van der Waals surface area contributed by atoms with Crippen molar-refractivity contribution in [1.82, 2.24) is 5.32 Å². The Morgan fingerprint density at radius 1 is 1.09 bits per heavy atom. The van der Waals surface area contributed by atoms with Crippen LogP contribution in [0.1, 0.15) is 24.0 Å². The summed E-state index contributed by atoms with van der Waals surface area (Å²) in [6, 6.07) is 14.8. The van der Waals surface area contributed by atoms with Gasteiger partial charge in [-0.05, 0) is 60.2 Å². The Labute approximate surface area is 142 Å². The fourth-order valence-corrected chi connectivity index (χ4v) is 3.54. The fraction of sp³-hybridized carbons (Fsp3) is 0.316. The highest BCUT2D eigenvalue weighted by Gasteiger charge is 2.22. The number of carbonyl (C=O) groups is 1. The van der Waals surface area contributed by atoms with Crippen molar-refractivity contribution in [2.45, 2.75) is 19.3 Å². The van der Waals surface area contributed by atoms with Crippen LogP contribution in [0.3, 0.4) is 0 Å². The van der Waals surface area contributed by atoms with Gasteiger partial charge in [0.1, 0.15) is 0 Å². The molecule has 23 heavy (non-hydrogen) atoms. The van der Waals surface area contributed by atoms with E-state index < -0.39 is 0 Å². The number of fused-ring (bicyclic) bond motifs is 3. The summed E-state index contributed by atoms with van der Waals surface area (Å²) in [5.74, 6) is 0.238. The smallest absolute Gasteiger partial charge is 0.228 e. The first-order valence-corrected chi connectivity index (χ1v) is 8.04. The van der Waals surface area contributed by atoms with Crippen LogP contribution in [0.2, 0.25) is 0 Å². The molecule has 1 amide bonds. The number of benzene rings is 2. The molecule has 0 unspecified atom stereocenters. The van der Waals surface area contributed by atoms with Crippen molar-refractivity contribution in [2.75, 3.05) is 18.4 Å². The fourth-order valence-electron chi connectivity index (χ4n) is 3.54. The van der Waals surface area contributed by atoms with E-state index in [9.17, 15) is 4.79 Å². The first-order valence-electron chi connectivity index (χ1n) is 8.04. The van der Waals surface area contributed by atoms with Crippen LogP contribution >= 0.6 is 12.4 Å². The van der Waals surface area contributed by atoms with Gasteiger partial charge < -0.3 is 10.6 Å². The zero-order valence-corrected chi connectivity index (χ0v) is 13.8. The maximum Gasteiger partial charge on any atom is 0.228 e. The molecule has 2 aromatic rings. The number of hydrogen-bond donors (Lipinski definition) is 2. The topological polar surface area (TPSA) is 41.1 Å². The Kier molecular flexibility index (Phi) is 4.69. The van der Waals surface area contributed by atoms with E-state index in [-0.39, 0.29) is 24.2 Å². The van der Waals surface area contributed by atoms with Crippen molar-refractivity contribution in [3.05, 3.63) is 53.6 Å². The molecule has 1 fully saturated rings. The molecule has 1 aliphatic carbocycles. The molecule has 2 aromatic carbocycles. The van der Waals surface area contributed by atoms with Gasteiger partial charge in [-0.1, -0.05) is 30.3 Å². The van der Waals surface area contributed by atoms with E-state index in [2.05, 4.69) is 47.0 Å². The lowest BCUT2D eigenvalue weighted by Gasteiger charge is -2.22. The molecule has 0 spiro atoms. The third-order valence-electron chi connectivity index (χ3n) is 4.73. The van der Waals surface area contributed by atoms with Crippen LogP contribution in [0.15, 0.2) is 42.5 Å². The van der Waals surface area contributed by atoms with Crippen LogP contribution in [0, 0.1) is 5.92 Å². The molecule has 3 nitrogen and oxygen atoms in total. The van der Waals surface area contributed by atoms with E-state index in [0.717, 1.165) is 38.0 Å². The quantitative estimate of drug-likeness (QED) is 0.754. The van der Waals surface area contributed by atoms with Gasteiger partial charge in [-0.2, -0.15) is 0 Å². The summed E-state index contributed by atoms with van der Waals surface area (Å²) in [6.07, 6.45) is 3.02. The third-order valence-corrected chi connectivity index (χ3v) is 4.73. The van der Waals surface area contributed by atoms with Crippen molar-refractivity contribution in [1.29, 1.82) is 0 Å². The molecule has 1 saturated heterocycles. The minimum absolute atomic E-state index is 0. The third kappa shape index (κ3) is 3.12. The number of carbonyl (C=O) groups excluding carboxylic acids is 1. The highest BCUT2D eigenvalue weighted by Crippen LogP contribution is 2.37. The Morgan fingerprint density at radius 3 is 2.74 bits per heavy atom. The second-order valence-electron chi connectivity index (χ2n) is 6.24. The van der Waals surface area contributed by atoms with Gasteiger partial charge in [0.15, 0.2) is 0 Å². The molecule has 2 aliphatic rings. The van der Waals surface area contributed by atoms with Gasteiger partial charge in [-0.15, -0.1) is 12.4 Å². The summed E-state index contributed by atoms with van der Waals surface area (Å²) in [5, 5.41) is 6.38. The van der Waals surface area contributed by atoms with Crippen molar-refractivity contribution in [3.8, 4) is 11.1 Å². The summed E-state index contributed by atoms with van der Waals surface area (Å²) < 4.78 is 0. The molecule has 1 atom stereocenters. The molecule has 4 rings (SSSR count). The first-order chi connectivity index (χ1) is 10.8. The number of nitrogens with one attached hydrogen (secondary N) is 2. The van der Waals surface area contributed by atoms with Gasteiger partial charge in [0.25, 0.3) is 0 Å². The molecule has 4 heteroatoms.